The van der Waals surface area contributed by atoms with E-state index in [1.165, 1.54) is 12.1 Å². The molecule has 47 heavy (non-hydrogen) atoms. The van der Waals surface area contributed by atoms with Crippen molar-refractivity contribution in [2.75, 3.05) is 29.3 Å². The summed E-state index contributed by atoms with van der Waals surface area (Å²) < 4.78 is 36.2. The lowest BCUT2D eigenvalue weighted by Gasteiger charge is -2.35. The first kappa shape index (κ1) is 32.4. The quantitative estimate of drug-likeness (QED) is 0.284. The molecule has 0 radical (unpaired) electrons. The Kier molecular flexibility index (Phi) is 8.88. The van der Waals surface area contributed by atoms with E-state index in [0.717, 1.165) is 48.4 Å². The first-order valence-electron chi connectivity index (χ1n) is 15.9. The van der Waals surface area contributed by atoms with Gasteiger partial charge in [-0.05, 0) is 67.9 Å². The van der Waals surface area contributed by atoms with Gasteiger partial charge in [0.15, 0.2) is 0 Å². The standard InChI is InChI=1S/C35H41N7O4S/c1-23-10-8-11-24(2)32(23)29-17-31-39-34(38-29)40-47(44,45)28-13-9-12-25(16-28)33(43)42(27(22-46-31)18-35(3,4)5)21-26-19-36-20-30(37-26)41-14-6-7-15-41/h8-13,16-17,19-20,27H,6-7,14-15,18,21-22H2,1-5H3,(H,38,39,40). The number of sulfonamides is 1. The number of benzene rings is 2. The first-order valence-corrected chi connectivity index (χ1v) is 17.4. The van der Waals surface area contributed by atoms with Crippen molar-refractivity contribution in [3.05, 3.63) is 83.3 Å². The maximum Gasteiger partial charge on any atom is 0.264 e. The molecular weight excluding hydrogens is 614 g/mol. The van der Waals surface area contributed by atoms with E-state index < -0.39 is 16.1 Å². The Hall–Kier alpha value is -4.58. The molecule has 1 N–H and O–H groups in total. The van der Waals surface area contributed by atoms with Crippen LogP contribution in [0, 0.1) is 19.3 Å². The Morgan fingerprint density at radius 1 is 0.957 bits per heavy atom. The van der Waals surface area contributed by atoms with Crippen LogP contribution >= 0.6 is 0 Å². The van der Waals surface area contributed by atoms with E-state index >= 15 is 0 Å². The molecule has 12 heteroatoms. The van der Waals surface area contributed by atoms with E-state index in [0.29, 0.717) is 17.8 Å². The van der Waals surface area contributed by atoms with Gasteiger partial charge in [0, 0.05) is 30.3 Å². The van der Waals surface area contributed by atoms with E-state index in [2.05, 4.69) is 45.3 Å². The van der Waals surface area contributed by atoms with Gasteiger partial charge < -0.3 is 14.5 Å². The van der Waals surface area contributed by atoms with Crippen LogP contribution in [0.2, 0.25) is 0 Å². The fourth-order valence-electron chi connectivity index (χ4n) is 6.29. The van der Waals surface area contributed by atoms with Gasteiger partial charge in [-0.1, -0.05) is 45.0 Å². The molecule has 246 valence electrons. The van der Waals surface area contributed by atoms with Crippen molar-refractivity contribution < 1.29 is 17.9 Å². The van der Waals surface area contributed by atoms with Gasteiger partial charge in [0.2, 0.25) is 11.8 Å². The smallest absolute Gasteiger partial charge is 0.264 e. The number of aromatic nitrogens is 4. The van der Waals surface area contributed by atoms with Crippen LogP contribution in [0.15, 0.2) is 65.8 Å². The van der Waals surface area contributed by atoms with Crippen LogP contribution in [-0.2, 0) is 16.6 Å². The molecule has 2 aliphatic rings. The minimum Gasteiger partial charge on any atom is -0.475 e. The molecule has 2 aliphatic heterocycles. The van der Waals surface area contributed by atoms with Gasteiger partial charge >= 0.3 is 0 Å². The fraction of sp³-hybridized carbons (Fsp3) is 0.400. The van der Waals surface area contributed by atoms with E-state index in [4.69, 9.17) is 9.72 Å². The Morgan fingerprint density at radius 2 is 1.68 bits per heavy atom. The number of hydrogen-bond acceptors (Lipinski definition) is 9. The molecule has 2 aromatic heterocycles. The summed E-state index contributed by atoms with van der Waals surface area (Å²) >= 11 is 0. The van der Waals surface area contributed by atoms with Gasteiger partial charge in [-0.15, -0.1) is 0 Å². The molecule has 0 aliphatic carbocycles. The number of carbonyl (C=O) groups excluding carboxylic acids is 1. The molecule has 1 saturated heterocycles. The average molecular weight is 656 g/mol. The van der Waals surface area contributed by atoms with Gasteiger partial charge in [-0.2, -0.15) is 4.98 Å². The van der Waals surface area contributed by atoms with Crippen LogP contribution in [-0.4, -0.2) is 64.9 Å². The van der Waals surface area contributed by atoms with Crippen molar-refractivity contribution in [3.63, 3.8) is 0 Å². The van der Waals surface area contributed by atoms with Crippen molar-refractivity contribution in [2.45, 2.75) is 71.4 Å². The van der Waals surface area contributed by atoms with Gasteiger partial charge in [0.1, 0.15) is 12.4 Å². The van der Waals surface area contributed by atoms with Crippen molar-refractivity contribution in [2.24, 2.45) is 5.41 Å². The van der Waals surface area contributed by atoms with Gasteiger partial charge in [0.25, 0.3) is 15.9 Å². The van der Waals surface area contributed by atoms with Crippen LogP contribution in [0.1, 0.15) is 67.2 Å². The number of rotatable bonds is 5. The van der Waals surface area contributed by atoms with Crippen molar-refractivity contribution >= 4 is 27.7 Å². The van der Waals surface area contributed by atoms with E-state index in [1.54, 1.807) is 35.5 Å². The van der Waals surface area contributed by atoms with Crippen LogP contribution in [0.5, 0.6) is 5.88 Å². The number of hydrogen-bond donors (Lipinski definition) is 1. The zero-order valence-corrected chi connectivity index (χ0v) is 28.3. The highest BCUT2D eigenvalue weighted by Crippen LogP contribution is 2.32. The van der Waals surface area contributed by atoms with Crippen LogP contribution < -0.4 is 14.4 Å². The molecule has 1 unspecified atom stereocenters. The minimum atomic E-state index is -4.16. The third-order valence-corrected chi connectivity index (χ3v) is 9.79. The second-order valence-corrected chi connectivity index (χ2v) is 15.2. The van der Waals surface area contributed by atoms with Gasteiger partial charge in [-0.3, -0.25) is 9.78 Å². The van der Waals surface area contributed by atoms with Crippen molar-refractivity contribution in [3.8, 4) is 17.1 Å². The summed E-state index contributed by atoms with van der Waals surface area (Å²) in [6, 6.07) is 13.3. The largest absolute Gasteiger partial charge is 0.475 e. The summed E-state index contributed by atoms with van der Waals surface area (Å²) in [5, 5.41) is 0. The summed E-state index contributed by atoms with van der Waals surface area (Å²) in [4.78, 5) is 36.7. The van der Waals surface area contributed by atoms with Gasteiger partial charge in [0.05, 0.1) is 41.3 Å². The SMILES string of the molecule is Cc1cccc(C)c1-c1cc2nc(n1)NS(=O)(=O)c1cccc(c1)C(=O)N(Cc1cncc(N3CCCC3)n1)C(CC(C)(C)C)CO2. The van der Waals surface area contributed by atoms with E-state index in [9.17, 15) is 13.2 Å². The normalized spacial score (nSPS) is 18.1. The lowest BCUT2D eigenvalue weighted by Crippen LogP contribution is -2.45. The number of nitrogens with zero attached hydrogens (tertiary/aromatic N) is 6. The number of carbonyl (C=O) groups is 1. The number of amides is 1. The molecule has 4 bridgehead atoms. The summed E-state index contributed by atoms with van der Waals surface area (Å²) in [6.45, 7) is 12.4. The second kappa shape index (κ2) is 12.9. The Balaban J connectivity index is 1.47. The van der Waals surface area contributed by atoms with E-state index in [1.807, 2.05) is 32.0 Å². The molecular formula is C35H41N7O4S. The van der Waals surface area contributed by atoms with E-state index in [-0.39, 0.29) is 46.8 Å². The third kappa shape index (κ3) is 7.38. The zero-order valence-electron chi connectivity index (χ0n) is 27.5. The monoisotopic (exact) mass is 655 g/mol. The van der Waals surface area contributed by atoms with Crippen molar-refractivity contribution in [1.29, 1.82) is 0 Å². The molecule has 4 heterocycles. The van der Waals surface area contributed by atoms with Crippen LogP contribution in [0.25, 0.3) is 11.3 Å². The minimum absolute atomic E-state index is 0.0747. The number of anilines is 2. The predicted octanol–water partition coefficient (Wildman–Crippen LogP) is 5.79. The Bertz CT molecular complexity index is 1880. The highest BCUT2D eigenvalue weighted by molar-refractivity contribution is 7.92. The number of aryl methyl sites for hydroxylation is 2. The highest BCUT2D eigenvalue weighted by atomic mass is 32.2. The molecule has 4 aromatic rings. The highest BCUT2D eigenvalue weighted by Gasteiger charge is 2.32. The Labute approximate surface area is 276 Å². The van der Waals surface area contributed by atoms with Gasteiger partial charge in [-0.25, -0.2) is 23.1 Å². The average Bonchev–Trinajstić information content (AvgIpc) is 3.56. The molecule has 1 atom stereocenters. The summed E-state index contributed by atoms with van der Waals surface area (Å²) in [5.74, 6) is 0.535. The molecule has 2 aromatic carbocycles. The third-order valence-electron chi connectivity index (χ3n) is 8.46. The molecule has 6 rings (SSSR count). The molecule has 11 nitrogen and oxygen atoms in total. The maximum absolute atomic E-state index is 14.4. The summed E-state index contributed by atoms with van der Waals surface area (Å²) in [6.07, 6.45) is 6.24. The molecule has 0 saturated carbocycles. The molecule has 0 spiro atoms. The topological polar surface area (TPSA) is 131 Å². The second-order valence-electron chi connectivity index (χ2n) is 13.5. The summed E-state index contributed by atoms with van der Waals surface area (Å²) in [7, 11) is -4.16. The first-order chi connectivity index (χ1) is 22.4. The molecule has 1 amide bonds. The number of nitrogens with one attached hydrogen (secondary N) is 1. The molecule has 1 fully saturated rings. The fourth-order valence-corrected chi connectivity index (χ4v) is 7.28. The van der Waals surface area contributed by atoms with Crippen LogP contribution in [0.4, 0.5) is 11.8 Å². The lowest BCUT2D eigenvalue weighted by molar-refractivity contribution is 0.0509. The number of ether oxygens (including phenoxy) is 1. The Morgan fingerprint density at radius 3 is 2.40 bits per heavy atom. The van der Waals surface area contributed by atoms with Crippen molar-refractivity contribution in [1.82, 2.24) is 24.8 Å². The maximum atomic E-state index is 14.4. The number of fused-ring (bicyclic) bond motifs is 4. The lowest BCUT2D eigenvalue weighted by atomic mass is 9.87. The zero-order chi connectivity index (χ0) is 33.3. The van der Waals surface area contributed by atoms with Crippen LogP contribution in [0.3, 0.4) is 0 Å². The predicted molar refractivity (Wildman–Crippen MR) is 181 cm³/mol. The summed E-state index contributed by atoms with van der Waals surface area (Å²) in [5.41, 5.74) is 4.04.